The van der Waals surface area contributed by atoms with Crippen molar-refractivity contribution in [2.24, 2.45) is 50.2 Å². The van der Waals surface area contributed by atoms with Gasteiger partial charge < -0.3 is 9.84 Å². The first kappa shape index (κ1) is 29.6. The Hall–Kier alpha value is -1.91. The first-order chi connectivity index (χ1) is 18.3. The molecule has 0 spiro atoms. The van der Waals surface area contributed by atoms with Crippen LogP contribution in [0.1, 0.15) is 120 Å². The molecule has 0 heterocycles. The Morgan fingerprint density at radius 3 is 2.25 bits per heavy atom. The molecule has 5 heteroatoms. The summed E-state index contributed by atoms with van der Waals surface area (Å²) in [6, 6.07) is 0. The summed E-state index contributed by atoms with van der Waals surface area (Å²) in [7, 11) is 0. The SMILES string of the molecule is CC(C)=CC(=O)O[C@@H]1CC(C)(C)C[C@H]2C3=CC[C@@H]4[C@@]5(C)CCC(=O)C(C)(C)[C@@H]5CC[C@@]4(C)[C@]3(C)CC[C@@]12C(=O)O. The van der Waals surface area contributed by atoms with E-state index in [0.29, 0.717) is 36.9 Å². The van der Waals surface area contributed by atoms with E-state index in [1.54, 1.807) is 0 Å². The topological polar surface area (TPSA) is 80.7 Å². The molecule has 1 N–H and O–H groups in total. The number of allylic oxidation sites excluding steroid dienone is 3. The van der Waals surface area contributed by atoms with Gasteiger partial charge in [0.15, 0.2) is 0 Å². The first-order valence-corrected chi connectivity index (χ1v) is 15.7. The number of hydrogen-bond donors (Lipinski definition) is 1. The molecule has 0 aromatic carbocycles. The molecule has 0 aromatic rings. The van der Waals surface area contributed by atoms with Gasteiger partial charge in [0.25, 0.3) is 0 Å². The Bertz CT molecular complexity index is 1190. The van der Waals surface area contributed by atoms with Gasteiger partial charge in [0.2, 0.25) is 0 Å². The van der Waals surface area contributed by atoms with Crippen molar-refractivity contribution in [3.05, 3.63) is 23.3 Å². The molecule has 0 aliphatic heterocycles. The molecule has 40 heavy (non-hydrogen) atoms. The quantitative estimate of drug-likeness (QED) is 0.218. The van der Waals surface area contributed by atoms with Crippen LogP contribution in [0.5, 0.6) is 0 Å². The van der Waals surface area contributed by atoms with E-state index in [9.17, 15) is 19.5 Å². The van der Waals surface area contributed by atoms with Gasteiger partial charge in [0.05, 0.1) is 0 Å². The molecule has 0 radical (unpaired) electrons. The van der Waals surface area contributed by atoms with Crippen LogP contribution in [-0.2, 0) is 19.1 Å². The van der Waals surface area contributed by atoms with E-state index in [2.05, 4.69) is 54.5 Å². The number of carbonyl (C=O) groups excluding carboxylic acids is 2. The van der Waals surface area contributed by atoms with Crippen molar-refractivity contribution in [2.75, 3.05) is 0 Å². The van der Waals surface area contributed by atoms with Crippen LogP contribution in [0.25, 0.3) is 0 Å². The summed E-state index contributed by atoms with van der Waals surface area (Å²) < 4.78 is 6.08. The molecule has 5 rings (SSSR count). The van der Waals surface area contributed by atoms with Crippen LogP contribution in [0.2, 0.25) is 0 Å². The number of carboxylic acids is 1. The van der Waals surface area contributed by atoms with Crippen molar-refractivity contribution in [2.45, 2.75) is 126 Å². The highest BCUT2D eigenvalue weighted by Crippen LogP contribution is 2.75. The summed E-state index contributed by atoms with van der Waals surface area (Å²) in [5.41, 5.74) is 0.612. The van der Waals surface area contributed by atoms with Crippen LogP contribution in [0.3, 0.4) is 0 Å². The maximum Gasteiger partial charge on any atom is 0.330 e. The monoisotopic (exact) mass is 552 g/mol. The molecule has 5 aliphatic rings. The third kappa shape index (κ3) is 3.87. The summed E-state index contributed by atoms with van der Waals surface area (Å²) in [5, 5.41) is 10.9. The standard InChI is InChI=1S/C35H52O5/c1-21(2)18-28(37)40-27-20-30(3,4)19-23-22-10-11-25-32(7)14-13-26(36)31(5,6)24(32)12-15-34(25,9)33(22,8)16-17-35(23,27)29(38)39/h10,18,23-25,27H,11-17,19-20H2,1-9H3,(H,38,39)/t23-,24-,25+,27+,32-,33+,34+,35-/m0/s1. The molecule has 4 fully saturated rings. The highest BCUT2D eigenvalue weighted by atomic mass is 16.5. The Labute approximate surface area is 241 Å². The number of aliphatic carboxylic acids is 1. The summed E-state index contributed by atoms with van der Waals surface area (Å²) in [6.45, 7) is 19.8. The number of ketones is 1. The van der Waals surface area contributed by atoms with Gasteiger partial charge in [0.1, 0.15) is 17.3 Å². The Kier molecular flexibility index (Phi) is 6.69. The minimum atomic E-state index is -1.10. The molecular formula is C35H52O5. The fourth-order valence-electron chi connectivity index (χ4n) is 11.2. The number of rotatable bonds is 3. The normalized spacial score (nSPS) is 45.0. The molecule has 8 atom stereocenters. The van der Waals surface area contributed by atoms with Crippen LogP contribution in [0.15, 0.2) is 23.3 Å². The lowest BCUT2D eigenvalue weighted by Crippen LogP contribution is -2.66. The molecule has 0 saturated heterocycles. The summed E-state index contributed by atoms with van der Waals surface area (Å²) in [6.07, 6.45) is 10.6. The first-order valence-electron chi connectivity index (χ1n) is 15.7. The molecule has 5 aliphatic carbocycles. The second-order valence-corrected chi connectivity index (χ2v) is 16.6. The number of carboxylic acid groups (broad SMARTS) is 1. The number of fused-ring (bicyclic) bond motifs is 7. The average Bonchev–Trinajstić information content (AvgIpc) is 2.81. The summed E-state index contributed by atoms with van der Waals surface area (Å²) >= 11 is 0. The zero-order chi connectivity index (χ0) is 29.7. The van der Waals surface area contributed by atoms with Gasteiger partial charge in [-0.2, -0.15) is 0 Å². The second-order valence-electron chi connectivity index (χ2n) is 16.6. The summed E-state index contributed by atoms with van der Waals surface area (Å²) in [4.78, 5) is 39.2. The zero-order valence-electron chi connectivity index (χ0n) is 26.4. The molecular weight excluding hydrogens is 500 g/mol. The summed E-state index contributed by atoms with van der Waals surface area (Å²) in [5.74, 6) is -0.155. The Morgan fingerprint density at radius 2 is 1.62 bits per heavy atom. The minimum absolute atomic E-state index is 0.0271. The van der Waals surface area contributed by atoms with Crippen LogP contribution >= 0.6 is 0 Å². The van der Waals surface area contributed by atoms with E-state index in [0.717, 1.165) is 44.1 Å². The maximum atomic E-state index is 13.4. The molecule has 222 valence electrons. The van der Waals surface area contributed by atoms with Gasteiger partial charge in [0, 0.05) is 23.8 Å². The van der Waals surface area contributed by atoms with Crippen molar-refractivity contribution < 1.29 is 24.2 Å². The highest BCUT2D eigenvalue weighted by molar-refractivity contribution is 5.86. The number of ether oxygens (including phenoxy) is 1. The number of esters is 1. The lowest BCUT2D eigenvalue weighted by Gasteiger charge is -2.70. The third-order valence-corrected chi connectivity index (χ3v) is 13.4. The largest absolute Gasteiger partial charge is 0.481 e. The average molecular weight is 553 g/mol. The van der Waals surface area contributed by atoms with Gasteiger partial charge in [-0.15, -0.1) is 0 Å². The molecule has 5 nitrogen and oxygen atoms in total. The second kappa shape index (κ2) is 9.04. The third-order valence-electron chi connectivity index (χ3n) is 13.4. The zero-order valence-corrected chi connectivity index (χ0v) is 26.4. The minimum Gasteiger partial charge on any atom is -0.481 e. The predicted octanol–water partition coefficient (Wildman–Crippen LogP) is 7.93. The fourth-order valence-corrected chi connectivity index (χ4v) is 11.2. The van der Waals surface area contributed by atoms with Crippen molar-refractivity contribution >= 4 is 17.7 Å². The Morgan fingerprint density at radius 1 is 0.950 bits per heavy atom. The van der Waals surface area contributed by atoms with E-state index in [-0.39, 0.29) is 33.0 Å². The van der Waals surface area contributed by atoms with Crippen LogP contribution in [0, 0.1) is 50.2 Å². The number of carbonyl (C=O) groups is 3. The van der Waals surface area contributed by atoms with Gasteiger partial charge in [-0.3, -0.25) is 9.59 Å². The maximum absolute atomic E-state index is 13.4. The molecule has 0 amide bonds. The van der Waals surface area contributed by atoms with E-state index in [1.165, 1.54) is 11.6 Å². The van der Waals surface area contributed by atoms with Gasteiger partial charge in [-0.25, -0.2) is 4.79 Å². The molecule has 0 aromatic heterocycles. The molecule has 0 unspecified atom stereocenters. The van der Waals surface area contributed by atoms with Crippen molar-refractivity contribution in [1.29, 1.82) is 0 Å². The van der Waals surface area contributed by atoms with E-state index in [4.69, 9.17) is 4.74 Å². The lowest BCUT2D eigenvalue weighted by atomic mass is 9.33. The predicted molar refractivity (Wildman–Crippen MR) is 156 cm³/mol. The molecule has 0 bridgehead atoms. The van der Waals surface area contributed by atoms with Crippen LogP contribution in [-0.4, -0.2) is 28.9 Å². The smallest absolute Gasteiger partial charge is 0.330 e. The highest BCUT2D eigenvalue weighted by Gasteiger charge is 2.71. The Balaban J connectivity index is 1.60. The van der Waals surface area contributed by atoms with Crippen molar-refractivity contribution in [3.8, 4) is 0 Å². The van der Waals surface area contributed by atoms with Crippen molar-refractivity contribution in [3.63, 3.8) is 0 Å². The van der Waals surface area contributed by atoms with Crippen LogP contribution < -0.4 is 0 Å². The lowest BCUT2D eigenvalue weighted by molar-refractivity contribution is -0.205. The molecule has 4 saturated carbocycles. The van der Waals surface area contributed by atoms with Crippen LogP contribution in [0.4, 0.5) is 0 Å². The number of hydrogen-bond acceptors (Lipinski definition) is 4. The fraction of sp³-hybridized carbons (Fsp3) is 0.800. The van der Waals surface area contributed by atoms with Gasteiger partial charge >= 0.3 is 11.9 Å². The van der Waals surface area contributed by atoms with E-state index < -0.39 is 23.5 Å². The van der Waals surface area contributed by atoms with Gasteiger partial charge in [-0.05, 0) is 98.7 Å². The van der Waals surface area contributed by atoms with Crippen molar-refractivity contribution in [1.82, 2.24) is 0 Å². The van der Waals surface area contributed by atoms with E-state index in [1.807, 2.05) is 13.8 Å². The number of Topliss-reactive ketones (excluding diaryl/α,β-unsaturated/α-hetero) is 1. The van der Waals surface area contributed by atoms with Gasteiger partial charge in [-0.1, -0.05) is 65.7 Å². The van der Waals surface area contributed by atoms with E-state index >= 15 is 0 Å².